The first-order chi connectivity index (χ1) is 7.31. The van der Waals surface area contributed by atoms with E-state index in [9.17, 15) is 9.90 Å². The van der Waals surface area contributed by atoms with Crippen LogP contribution in [0.25, 0.3) is 0 Å². The fourth-order valence-corrected chi connectivity index (χ4v) is 2.27. The summed E-state index contributed by atoms with van der Waals surface area (Å²) in [5, 5.41) is 18.4. The van der Waals surface area contributed by atoms with Crippen molar-refractivity contribution in [3.63, 3.8) is 0 Å². The Labute approximate surface area is 96.7 Å². The van der Waals surface area contributed by atoms with E-state index in [1.54, 1.807) is 0 Å². The number of nitrogens with zero attached hydrogens (tertiary/aromatic N) is 2. The van der Waals surface area contributed by atoms with Crippen molar-refractivity contribution in [2.75, 3.05) is 40.3 Å². The van der Waals surface area contributed by atoms with Crippen molar-refractivity contribution >= 4 is 5.97 Å². The van der Waals surface area contributed by atoms with E-state index < -0.39 is 11.6 Å². The Hall–Kier alpha value is -0.650. The predicted molar refractivity (Wildman–Crippen MR) is 61.4 cm³/mol. The molecule has 0 aliphatic carbocycles. The molecule has 1 saturated heterocycles. The Morgan fingerprint density at radius 1 is 1.62 bits per heavy atom. The van der Waals surface area contributed by atoms with E-state index in [-0.39, 0.29) is 6.54 Å². The third kappa shape index (κ3) is 3.73. The van der Waals surface area contributed by atoms with E-state index in [0.29, 0.717) is 5.92 Å². The minimum Gasteiger partial charge on any atom is -0.479 e. The number of likely N-dealkylation sites (tertiary alicyclic amines) is 1. The summed E-state index contributed by atoms with van der Waals surface area (Å²) in [5.41, 5.74) is -1.65. The summed E-state index contributed by atoms with van der Waals surface area (Å²) in [6.45, 7) is 4.51. The molecule has 0 aromatic carbocycles. The first kappa shape index (κ1) is 13.4. The van der Waals surface area contributed by atoms with Gasteiger partial charge in [-0.05, 0) is 39.9 Å². The van der Waals surface area contributed by atoms with Gasteiger partial charge in [-0.25, -0.2) is 4.79 Å². The van der Waals surface area contributed by atoms with Crippen LogP contribution >= 0.6 is 0 Å². The quantitative estimate of drug-likeness (QED) is 0.679. The molecule has 0 amide bonds. The molecule has 1 aliphatic heterocycles. The fourth-order valence-electron chi connectivity index (χ4n) is 2.27. The van der Waals surface area contributed by atoms with Gasteiger partial charge in [0.05, 0.1) is 0 Å². The number of carboxylic acids is 1. The molecule has 0 spiro atoms. The number of carbonyl (C=O) groups is 1. The van der Waals surface area contributed by atoms with Crippen LogP contribution in [0, 0.1) is 5.92 Å². The first-order valence-corrected chi connectivity index (χ1v) is 5.64. The van der Waals surface area contributed by atoms with E-state index in [4.69, 9.17) is 5.11 Å². The smallest absolute Gasteiger partial charge is 0.336 e. The second-order valence-corrected chi connectivity index (χ2v) is 5.19. The van der Waals surface area contributed by atoms with Gasteiger partial charge in [0.15, 0.2) is 5.60 Å². The maximum Gasteiger partial charge on any atom is 0.336 e. The highest BCUT2D eigenvalue weighted by atomic mass is 16.4. The van der Waals surface area contributed by atoms with E-state index in [2.05, 4.69) is 11.9 Å². The highest BCUT2D eigenvalue weighted by molar-refractivity contribution is 5.76. The molecule has 16 heavy (non-hydrogen) atoms. The molecule has 94 valence electrons. The van der Waals surface area contributed by atoms with Crippen LogP contribution in [0.15, 0.2) is 0 Å². The van der Waals surface area contributed by atoms with Crippen molar-refractivity contribution in [2.24, 2.45) is 5.92 Å². The van der Waals surface area contributed by atoms with Gasteiger partial charge in [-0.2, -0.15) is 0 Å². The molecule has 5 nitrogen and oxygen atoms in total. The summed E-state index contributed by atoms with van der Waals surface area (Å²) in [5.74, 6) is -0.581. The zero-order valence-electron chi connectivity index (χ0n) is 10.3. The molecule has 1 heterocycles. The average Bonchev–Trinajstić information content (AvgIpc) is 2.49. The molecule has 1 aliphatic rings. The number of rotatable bonds is 5. The molecule has 2 N–H and O–H groups in total. The van der Waals surface area contributed by atoms with E-state index in [0.717, 1.165) is 26.1 Å². The maximum atomic E-state index is 10.8. The number of aliphatic hydroxyl groups is 1. The molecule has 5 heteroatoms. The minimum atomic E-state index is -1.65. The van der Waals surface area contributed by atoms with E-state index >= 15 is 0 Å². The highest BCUT2D eigenvalue weighted by Crippen LogP contribution is 2.16. The van der Waals surface area contributed by atoms with Gasteiger partial charge >= 0.3 is 5.97 Å². The largest absolute Gasteiger partial charge is 0.479 e. The minimum absolute atomic E-state index is 0.169. The molecule has 2 unspecified atom stereocenters. The molecule has 0 aromatic rings. The molecule has 2 atom stereocenters. The molecular weight excluding hydrogens is 208 g/mol. The first-order valence-electron chi connectivity index (χ1n) is 5.64. The lowest BCUT2D eigenvalue weighted by Gasteiger charge is -2.27. The van der Waals surface area contributed by atoms with Gasteiger partial charge in [0.1, 0.15) is 0 Å². The lowest BCUT2D eigenvalue weighted by Crippen LogP contribution is -2.46. The van der Waals surface area contributed by atoms with Gasteiger partial charge < -0.3 is 20.0 Å². The molecule has 1 rings (SSSR count). The Morgan fingerprint density at radius 3 is 2.69 bits per heavy atom. The van der Waals surface area contributed by atoms with Crippen molar-refractivity contribution < 1.29 is 15.0 Å². The van der Waals surface area contributed by atoms with Crippen LogP contribution in [0.2, 0.25) is 0 Å². The normalized spacial score (nSPS) is 25.9. The average molecular weight is 230 g/mol. The van der Waals surface area contributed by atoms with Crippen LogP contribution in [0.4, 0.5) is 0 Å². The Kier molecular flexibility index (Phi) is 4.29. The third-order valence-corrected chi connectivity index (χ3v) is 3.10. The Bertz CT molecular complexity index is 256. The Balaban J connectivity index is 2.36. The molecule has 1 fully saturated rings. The topological polar surface area (TPSA) is 64.0 Å². The summed E-state index contributed by atoms with van der Waals surface area (Å²) in [6.07, 6.45) is 1.15. The standard InChI is InChI=1S/C11H22N2O3/c1-11(16,10(14)15)8-13(3)7-9-4-5-12(2)6-9/h9,16H,4-8H2,1-3H3,(H,14,15). The fraction of sp³-hybridized carbons (Fsp3) is 0.909. The van der Waals surface area contributed by atoms with Gasteiger partial charge in [0.2, 0.25) is 0 Å². The highest BCUT2D eigenvalue weighted by Gasteiger charge is 2.32. The lowest BCUT2D eigenvalue weighted by atomic mass is 10.1. The number of hydrogen-bond acceptors (Lipinski definition) is 4. The molecule has 0 aromatic heterocycles. The predicted octanol–water partition coefficient (Wildman–Crippen LogP) is -0.294. The van der Waals surface area contributed by atoms with E-state index in [1.165, 1.54) is 6.92 Å². The summed E-state index contributed by atoms with van der Waals surface area (Å²) >= 11 is 0. The van der Waals surface area contributed by atoms with Gasteiger partial charge in [0.25, 0.3) is 0 Å². The van der Waals surface area contributed by atoms with Crippen LogP contribution < -0.4 is 0 Å². The van der Waals surface area contributed by atoms with Crippen LogP contribution in [0.1, 0.15) is 13.3 Å². The van der Waals surface area contributed by atoms with Crippen LogP contribution in [0.5, 0.6) is 0 Å². The van der Waals surface area contributed by atoms with Crippen molar-refractivity contribution in [3.05, 3.63) is 0 Å². The van der Waals surface area contributed by atoms with Crippen molar-refractivity contribution in [1.82, 2.24) is 9.80 Å². The van der Waals surface area contributed by atoms with E-state index in [1.807, 2.05) is 11.9 Å². The molecular formula is C11H22N2O3. The third-order valence-electron chi connectivity index (χ3n) is 3.10. The zero-order valence-corrected chi connectivity index (χ0v) is 10.3. The van der Waals surface area contributed by atoms with Crippen LogP contribution in [-0.4, -0.2) is 71.9 Å². The maximum absolute atomic E-state index is 10.8. The van der Waals surface area contributed by atoms with Gasteiger partial charge in [-0.1, -0.05) is 0 Å². The van der Waals surface area contributed by atoms with Crippen molar-refractivity contribution in [3.8, 4) is 0 Å². The molecule has 0 bridgehead atoms. The second-order valence-electron chi connectivity index (χ2n) is 5.19. The SMILES string of the molecule is CN1CCC(CN(C)CC(C)(O)C(=O)O)C1. The van der Waals surface area contributed by atoms with Gasteiger partial charge in [-0.3, -0.25) is 0 Å². The summed E-state index contributed by atoms with van der Waals surface area (Å²) in [7, 11) is 3.95. The summed E-state index contributed by atoms with van der Waals surface area (Å²) in [6, 6.07) is 0. The van der Waals surface area contributed by atoms with Crippen LogP contribution in [0.3, 0.4) is 0 Å². The monoisotopic (exact) mass is 230 g/mol. The summed E-state index contributed by atoms with van der Waals surface area (Å²) in [4.78, 5) is 14.9. The molecule has 0 saturated carbocycles. The van der Waals surface area contributed by atoms with Crippen molar-refractivity contribution in [2.45, 2.75) is 18.9 Å². The van der Waals surface area contributed by atoms with Crippen LogP contribution in [-0.2, 0) is 4.79 Å². The number of carboxylic acid groups (broad SMARTS) is 1. The number of aliphatic carboxylic acids is 1. The zero-order chi connectivity index (χ0) is 12.3. The van der Waals surface area contributed by atoms with Gasteiger partial charge in [-0.15, -0.1) is 0 Å². The second kappa shape index (κ2) is 5.12. The van der Waals surface area contributed by atoms with Crippen molar-refractivity contribution in [1.29, 1.82) is 0 Å². The molecule has 0 radical (unpaired) electrons. The number of likely N-dealkylation sites (N-methyl/N-ethyl adjacent to an activating group) is 1. The van der Waals surface area contributed by atoms with Gasteiger partial charge in [0, 0.05) is 19.6 Å². The lowest BCUT2D eigenvalue weighted by molar-refractivity contribution is -0.158. The number of hydrogen-bond donors (Lipinski definition) is 2. The Morgan fingerprint density at radius 2 is 2.25 bits per heavy atom. The summed E-state index contributed by atoms with van der Waals surface area (Å²) < 4.78 is 0.